The molecule has 0 heterocycles. The fourth-order valence-corrected chi connectivity index (χ4v) is 1.64. The minimum atomic E-state index is -0.422. The SMILES string of the molecule is Cc1cc(Cl)cc(C(=O)NC(C)(C)CCl)c1. The fourth-order valence-electron chi connectivity index (χ4n) is 1.28. The van der Waals surface area contributed by atoms with E-state index in [2.05, 4.69) is 5.32 Å². The van der Waals surface area contributed by atoms with Crippen LogP contribution in [-0.4, -0.2) is 17.3 Å². The number of aryl methyl sites for hydroxylation is 1. The van der Waals surface area contributed by atoms with Gasteiger partial charge in [0, 0.05) is 22.0 Å². The summed E-state index contributed by atoms with van der Waals surface area (Å²) in [5.74, 6) is 0.203. The van der Waals surface area contributed by atoms with E-state index in [9.17, 15) is 4.79 Å². The molecule has 1 rings (SSSR count). The second-order valence-electron chi connectivity index (χ2n) is 4.49. The first-order chi connectivity index (χ1) is 7.34. The maximum absolute atomic E-state index is 11.9. The summed E-state index contributed by atoms with van der Waals surface area (Å²) in [4.78, 5) is 11.9. The molecule has 1 aromatic rings. The van der Waals surface area contributed by atoms with E-state index in [0.29, 0.717) is 16.5 Å². The average molecular weight is 260 g/mol. The van der Waals surface area contributed by atoms with Crippen LogP contribution in [0, 0.1) is 6.92 Å². The highest BCUT2D eigenvalue weighted by Crippen LogP contribution is 2.15. The number of hydrogen-bond acceptors (Lipinski definition) is 1. The second-order valence-corrected chi connectivity index (χ2v) is 5.19. The molecule has 0 saturated carbocycles. The average Bonchev–Trinajstić information content (AvgIpc) is 2.15. The predicted octanol–water partition coefficient (Wildman–Crippen LogP) is 3.40. The molecule has 1 N–H and O–H groups in total. The highest BCUT2D eigenvalue weighted by molar-refractivity contribution is 6.31. The molecule has 4 heteroatoms. The summed E-state index contributed by atoms with van der Waals surface area (Å²) in [7, 11) is 0. The minimum Gasteiger partial charge on any atom is -0.346 e. The van der Waals surface area contributed by atoms with Crippen LogP contribution in [0.25, 0.3) is 0 Å². The number of carbonyl (C=O) groups is 1. The van der Waals surface area contributed by atoms with Crippen molar-refractivity contribution >= 4 is 29.1 Å². The molecule has 88 valence electrons. The number of hydrogen-bond donors (Lipinski definition) is 1. The van der Waals surface area contributed by atoms with Gasteiger partial charge in [0.15, 0.2) is 0 Å². The summed E-state index contributed by atoms with van der Waals surface area (Å²) in [6, 6.07) is 5.25. The Kier molecular flexibility index (Phi) is 4.22. The first kappa shape index (κ1) is 13.3. The zero-order valence-electron chi connectivity index (χ0n) is 9.60. The number of halogens is 2. The zero-order chi connectivity index (χ0) is 12.3. The van der Waals surface area contributed by atoms with Gasteiger partial charge in [-0.25, -0.2) is 0 Å². The molecule has 0 aliphatic rings. The molecule has 0 saturated heterocycles. The molecule has 0 unspecified atom stereocenters. The van der Waals surface area contributed by atoms with Crippen molar-refractivity contribution in [2.24, 2.45) is 0 Å². The van der Waals surface area contributed by atoms with Crippen LogP contribution < -0.4 is 5.32 Å². The Balaban J connectivity index is 2.89. The van der Waals surface area contributed by atoms with E-state index >= 15 is 0 Å². The van der Waals surface area contributed by atoms with Gasteiger partial charge in [-0.3, -0.25) is 4.79 Å². The standard InChI is InChI=1S/C12H15Cl2NO/c1-8-4-9(6-10(14)5-8)11(16)15-12(2,3)7-13/h4-6H,7H2,1-3H3,(H,15,16). The van der Waals surface area contributed by atoms with E-state index < -0.39 is 5.54 Å². The molecular formula is C12H15Cl2NO. The normalized spacial score (nSPS) is 11.3. The number of nitrogens with one attached hydrogen (secondary N) is 1. The van der Waals surface area contributed by atoms with E-state index in [1.807, 2.05) is 26.8 Å². The third-order valence-corrected chi connectivity index (χ3v) is 2.98. The van der Waals surface area contributed by atoms with Gasteiger partial charge in [-0.1, -0.05) is 11.6 Å². The molecule has 0 atom stereocenters. The first-order valence-corrected chi connectivity index (χ1v) is 5.91. The number of benzene rings is 1. The lowest BCUT2D eigenvalue weighted by Crippen LogP contribution is -2.44. The Morgan fingerprint density at radius 3 is 2.50 bits per heavy atom. The van der Waals surface area contributed by atoms with Gasteiger partial charge in [-0.05, 0) is 44.5 Å². The van der Waals surface area contributed by atoms with Gasteiger partial charge in [0.2, 0.25) is 0 Å². The zero-order valence-corrected chi connectivity index (χ0v) is 11.1. The number of alkyl halides is 1. The van der Waals surface area contributed by atoms with Crippen LogP contribution in [0.2, 0.25) is 5.02 Å². The van der Waals surface area contributed by atoms with Crippen molar-refractivity contribution in [2.75, 3.05) is 5.88 Å². The van der Waals surface area contributed by atoms with Gasteiger partial charge < -0.3 is 5.32 Å². The van der Waals surface area contributed by atoms with Crippen LogP contribution >= 0.6 is 23.2 Å². The molecule has 0 aromatic heterocycles. The van der Waals surface area contributed by atoms with Crippen LogP contribution in [0.15, 0.2) is 18.2 Å². The second kappa shape index (κ2) is 5.07. The molecule has 0 aliphatic heterocycles. The van der Waals surface area contributed by atoms with Crippen molar-refractivity contribution in [1.82, 2.24) is 5.32 Å². The van der Waals surface area contributed by atoms with E-state index in [1.165, 1.54) is 0 Å². The van der Waals surface area contributed by atoms with E-state index in [-0.39, 0.29) is 5.91 Å². The van der Waals surface area contributed by atoms with Gasteiger partial charge in [-0.2, -0.15) is 0 Å². The molecule has 0 radical (unpaired) electrons. The van der Waals surface area contributed by atoms with Gasteiger partial charge in [0.05, 0.1) is 0 Å². The maximum atomic E-state index is 11.9. The number of carbonyl (C=O) groups excluding carboxylic acids is 1. The quantitative estimate of drug-likeness (QED) is 0.829. The fraction of sp³-hybridized carbons (Fsp3) is 0.417. The van der Waals surface area contributed by atoms with Crippen LogP contribution in [0.3, 0.4) is 0 Å². The first-order valence-electron chi connectivity index (χ1n) is 5.00. The predicted molar refractivity (Wildman–Crippen MR) is 68.5 cm³/mol. The van der Waals surface area contributed by atoms with Gasteiger partial charge in [0.1, 0.15) is 0 Å². The van der Waals surface area contributed by atoms with Crippen molar-refractivity contribution in [3.05, 3.63) is 34.3 Å². The van der Waals surface area contributed by atoms with E-state index in [0.717, 1.165) is 5.56 Å². The third-order valence-electron chi connectivity index (χ3n) is 2.09. The van der Waals surface area contributed by atoms with Crippen LogP contribution in [0.4, 0.5) is 0 Å². The summed E-state index contributed by atoms with van der Waals surface area (Å²) < 4.78 is 0. The van der Waals surface area contributed by atoms with Crippen molar-refractivity contribution in [3.63, 3.8) is 0 Å². The minimum absolute atomic E-state index is 0.156. The van der Waals surface area contributed by atoms with E-state index in [4.69, 9.17) is 23.2 Å². The third kappa shape index (κ3) is 3.69. The lowest BCUT2D eigenvalue weighted by Gasteiger charge is -2.23. The molecule has 0 spiro atoms. The number of rotatable bonds is 3. The van der Waals surface area contributed by atoms with Crippen molar-refractivity contribution in [3.8, 4) is 0 Å². The van der Waals surface area contributed by atoms with Crippen molar-refractivity contribution in [1.29, 1.82) is 0 Å². The summed E-state index contributed by atoms with van der Waals surface area (Å²) >= 11 is 11.6. The molecular weight excluding hydrogens is 245 g/mol. The maximum Gasteiger partial charge on any atom is 0.251 e. The highest BCUT2D eigenvalue weighted by atomic mass is 35.5. The summed E-state index contributed by atoms with van der Waals surface area (Å²) in [6.07, 6.45) is 0. The molecule has 0 bridgehead atoms. The van der Waals surface area contributed by atoms with Crippen molar-refractivity contribution in [2.45, 2.75) is 26.3 Å². The molecule has 0 aliphatic carbocycles. The molecule has 16 heavy (non-hydrogen) atoms. The Labute approximate surface area is 106 Å². The lowest BCUT2D eigenvalue weighted by atomic mass is 10.1. The molecule has 1 aromatic carbocycles. The van der Waals surface area contributed by atoms with Gasteiger partial charge >= 0.3 is 0 Å². The van der Waals surface area contributed by atoms with E-state index in [1.54, 1.807) is 12.1 Å². The Bertz CT molecular complexity index is 382. The Morgan fingerprint density at radius 2 is 2.00 bits per heavy atom. The Morgan fingerprint density at radius 1 is 1.38 bits per heavy atom. The van der Waals surface area contributed by atoms with Gasteiger partial charge in [-0.15, -0.1) is 11.6 Å². The summed E-state index contributed by atoms with van der Waals surface area (Å²) in [6.45, 7) is 5.64. The summed E-state index contributed by atoms with van der Waals surface area (Å²) in [5.41, 5.74) is 1.10. The molecule has 1 amide bonds. The van der Waals surface area contributed by atoms with Crippen LogP contribution in [0.5, 0.6) is 0 Å². The Hall–Kier alpha value is -0.730. The molecule has 2 nitrogen and oxygen atoms in total. The topological polar surface area (TPSA) is 29.1 Å². The monoisotopic (exact) mass is 259 g/mol. The molecule has 0 fully saturated rings. The highest BCUT2D eigenvalue weighted by Gasteiger charge is 2.20. The smallest absolute Gasteiger partial charge is 0.251 e. The van der Waals surface area contributed by atoms with Crippen molar-refractivity contribution < 1.29 is 4.79 Å². The van der Waals surface area contributed by atoms with Crippen LogP contribution in [0.1, 0.15) is 29.8 Å². The van der Waals surface area contributed by atoms with Gasteiger partial charge in [0.25, 0.3) is 5.91 Å². The lowest BCUT2D eigenvalue weighted by molar-refractivity contribution is 0.0920. The number of amides is 1. The largest absolute Gasteiger partial charge is 0.346 e. The van der Waals surface area contributed by atoms with Crippen LogP contribution in [-0.2, 0) is 0 Å². The summed E-state index contributed by atoms with van der Waals surface area (Å²) in [5, 5.41) is 3.41.